The van der Waals surface area contributed by atoms with Crippen molar-refractivity contribution in [1.29, 1.82) is 0 Å². The molecule has 2 nitrogen and oxygen atoms in total. The van der Waals surface area contributed by atoms with Crippen LogP contribution < -0.4 is 0 Å². The summed E-state index contributed by atoms with van der Waals surface area (Å²) in [5, 5.41) is 0.551. The van der Waals surface area contributed by atoms with Crippen LogP contribution in [0.4, 0.5) is 8.78 Å². The Morgan fingerprint density at radius 2 is 1.08 bits per heavy atom. The van der Waals surface area contributed by atoms with Gasteiger partial charge in [-0.3, -0.25) is 9.59 Å². The van der Waals surface area contributed by atoms with Gasteiger partial charge in [0.05, 0.1) is 11.1 Å². The molecule has 0 saturated carbocycles. The Bertz CT molecular complexity index is 1300. The van der Waals surface area contributed by atoms with E-state index in [1.54, 1.807) is 36.4 Å². The van der Waals surface area contributed by atoms with Gasteiger partial charge in [0, 0.05) is 24.6 Å². The summed E-state index contributed by atoms with van der Waals surface area (Å²) in [6.45, 7) is 0. The smallest absolute Gasteiger partial charge is 0.255 e. The summed E-state index contributed by atoms with van der Waals surface area (Å²) in [5.41, 5.74) is 0.362. The molecule has 9 heteroatoms. The minimum atomic E-state index is -0.782. The van der Waals surface area contributed by atoms with Crippen LogP contribution in [0.1, 0.15) is 33.7 Å². The minimum Gasteiger partial charge on any atom is -0.288 e. The Labute approximate surface area is 240 Å². The molecular weight excluding hydrogens is 660 g/mol. The fraction of sp³-hybridized carbons (Fsp3) is 0.0370. The van der Waals surface area contributed by atoms with Gasteiger partial charge in [-0.1, -0.05) is 80.7 Å². The third-order valence-corrected chi connectivity index (χ3v) is 5.85. The van der Waals surface area contributed by atoms with Gasteiger partial charge in [-0.25, -0.2) is 8.78 Å². The van der Waals surface area contributed by atoms with E-state index in [1.807, 2.05) is 30.3 Å². The van der Waals surface area contributed by atoms with Crippen LogP contribution in [0.5, 0.6) is 0 Å². The van der Waals surface area contributed by atoms with Crippen LogP contribution in [0.25, 0.3) is 0 Å². The van der Waals surface area contributed by atoms with Gasteiger partial charge in [0.1, 0.15) is 11.6 Å². The Balaban J connectivity index is 0.000000293. The Morgan fingerprint density at radius 1 is 0.639 bits per heavy atom. The molecule has 4 rings (SSSR count). The summed E-state index contributed by atoms with van der Waals surface area (Å²) in [5.74, 6) is -1.51. The summed E-state index contributed by atoms with van der Waals surface area (Å²) >= 11 is 22.5. The van der Waals surface area contributed by atoms with Gasteiger partial charge in [-0.2, -0.15) is 0 Å². The zero-order valence-electron chi connectivity index (χ0n) is 17.6. The fourth-order valence-electron chi connectivity index (χ4n) is 2.49. The first kappa shape index (κ1) is 31.9. The summed E-state index contributed by atoms with van der Waals surface area (Å²) in [7, 11) is 0. The van der Waals surface area contributed by atoms with Crippen molar-refractivity contribution in [2.24, 2.45) is 0 Å². The van der Waals surface area contributed by atoms with E-state index in [4.69, 9.17) is 34.8 Å². The normalized spacial score (nSPS) is 9.53. The quantitative estimate of drug-likeness (QED) is 0.160. The van der Waals surface area contributed by atoms with Crippen molar-refractivity contribution in [3.05, 3.63) is 138 Å². The van der Waals surface area contributed by atoms with E-state index >= 15 is 0 Å². The van der Waals surface area contributed by atoms with Gasteiger partial charge in [-0.05, 0) is 84.4 Å². The number of benzene rings is 4. The van der Waals surface area contributed by atoms with Crippen LogP contribution in [0.15, 0.2) is 99.9 Å². The van der Waals surface area contributed by atoms with Crippen molar-refractivity contribution in [2.45, 2.75) is 7.43 Å². The van der Waals surface area contributed by atoms with Crippen molar-refractivity contribution in [3.63, 3.8) is 0 Å². The highest BCUT2D eigenvalue weighted by molar-refractivity contribution is 9.10. The van der Waals surface area contributed by atoms with E-state index in [2.05, 4.69) is 31.9 Å². The zero-order chi connectivity index (χ0) is 26.0. The lowest BCUT2D eigenvalue weighted by Crippen LogP contribution is -2.03. The van der Waals surface area contributed by atoms with Crippen molar-refractivity contribution in [3.8, 4) is 0 Å². The molecule has 0 heterocycles. The third kappa shape index (κ3) is 10.5. The van der Waals surface area contributed by atoms with Gasteiger partial charge in [-0.15, -0.1) is 0 Å². The maximum Gasteiger partial charge on any atom is 0.255 e. The van der Waals surface area contributed by atoms with E-state index < -0.39 is 16.9 Å². The Kier molecular flexibility index (Phi) is 14.1. The van der Waals surface area contributed by atoms with Crippen LogP contribution in [-0.4, -0.2) is 11.0 Å². The second kappa shape index (κ2) is 15.9. The first-order valence-corrected chi connectivity index (χ1v) is 12.4. The minimum absolute atomic E-state index is 0. The maximum atomic E-state index is 13.6. The van der Waals surface area contributed by atoms with Crippen molar-refractivity contribution >= 4 is 77.7 Å². The molecule has 0 aliphatic carbocycles. The van der Waals surface area contributed by atoms with E-state index in [1.165, 1.54) is 24.3 Å². The van der Waals surface area contributed by atoms with Crippen LogP contribution in [0.2, 0.25) is 10.0 Å². The fourth-order valence-corrected chi connectivity index (χ4v) is 3.58. The van der Waals surface area contributed by atoms with Gasteiger partial charge < -0.3 is 0 Å². The van der Waals surface area contributed by atoms with Crippen molar-refractivity contribution in [1.82, 2.24) is 0 Å². The number of carbonyl (C=O) groups excluding carboxylic acids is 2. The van der Waals surface area contributed by atoms with Gasteiger partial charge in [0.25, 0.3) is 5.24 Å². The molecule has 0 saturated heterocycles. The molecule has 0 radical (unpaired) electrons. The monoisotopic (exact) mass is 676 g/mol. The number of ketones is 1. The van der Waals surface area contributed by atoms with Gasteiger partial charge in [0.15, 0.2) is 5.78 Å². The standard InChI is InChI=1S/C13H7BrClFO.C7H3BrClFO.C6H5Cl.CH4/c14-9-3-6-11(12(16)7-9)13(17)8-1-4-10(15)5-2-8;8-4-1-2-5(7(9)11)6(10)3-4;7-6-4-2-1-3-5-6;/h1-7H;1-3H;1-5H;1H4. The summed E-state index contributed by atoms with van der Waals surface area (Å²) < 4.78 is 27.5. The summed E-state index contributed by atoms with van der Waals surface area (Å²) in [6, 6.07) is 24.2. The van der Waals surface area contributed by atoms with Gasteiger partial charge in [0.2, 0.25) is 0 Å². The third-order valence-electron chi connectivity index (χ3n) is 4.16. The summed E-state index contributed by atoms with van der Waals surface area (Å²) in [4.78, 5) is 22.5. The SMILES string of the molecule is C.Clc1ccccc1.O=C(Cl)c1ccc(Br)cc1F.O=C(c1ccc(Cl)cc1)c1ccc(Br)cc1F. The second-order valence-corrected chi connectivity index (χ2v) is 9.70. The average molecular weight is 680 g/mol. The first-order chi connectivity index (χ1) is 16.6. The average Bonchev–Trinajstić information content (AvgIpc) is 2.80. The Hall–Kier alpha value is -2.09. The number of halogens is 7. The number of hydrogen-bond acceptors (Lipinski definition) is 2. The number of carbonyl (C=O) groups is 2. The molecule has 0 N–H and O–H groups in total. The molecule has 4 aromatic carbocycles. The lowest BCUT2D eigenvalue weighted by Gasteiger charge is -2.03. The molecule has 0 unspecified atom stereocenters. The molecule has 0 fully saturated rings. The second-order valence-electron chi connectivity index (χ2n) is 6.65. The maximum absolute atomic E-state index is 13.6. The highest BCUT2D eigenvalue weighted by atomic mass is 79.9. The zero-order valence-corrected chi connectivity index (χ0v) is 23.1. The first-order valence-electron chi connectivity index (χ1n) is 9.69. The molecule has 0 amide bonds. The molecule has 0 bridgehead atoms. The highest BCUT2D eigenvalue weighted by Gasteiger charge is 2.14. The van der Waals surface area contributed by atoms with Crippen LogP contribution in [-0.2, 0) is 0 Å². The molecule has 0 spiro atoms. The number of hydrogen-bond donors (Lipinski definition) is 0. The van der Waals surface area contributed by atoms with E-state index in [0.29, 0.717) is 19.5 Å². The molecule has 0 aliphatic rings. The van der Waals surface area contributed by atoms with Crippen molar-refractivity contribution < 1.29 is 18.4 Å². The van der Waals surface area contributed by atoms with E-state index in [-0.39, 0.29) is 24.3 Å². The highest BCUT2D eigenvalue weighted by Crippen LogP contribution is 2.20. The topological polar surface area (TPSA) is 34.1 Å². The van der Waals surface area contributed by atoms with E-state index in [9.17, 15) is 18.4 Å². The molecule has 4 aromatic rings. The predicted molar refractivity (Wildman–Crippen MR) is 151 cm³/mol. The van der Waals surface area contributed by atoms with Crippen LogP contribution in [0.3, 0.4) is 0 Å². The van der Waals surface area contributed by atoms with Crippen molar-refractivity contribution in [2.75, 3.05) is 0 Å². The van der Waals surface area contributed by atoms with Crippen LogP contribution >= 0.6 is 66.7 Å². The molecule has 36 heavy (non-hydrogen) atoms. The van der Waals surface area contributed by atoms with Gasteiger partial charge >= 0.3 is 0 Å². The molecule has 0 aliphatic heterocycles. The van der Waals surface area contributed by atoms with Crippen LogP contribution in [0, 0.1) is 11.6 Å². The number of rotatable bonds is 3. The Morgan fingerprint density at radius 3 is 1.47 bits per heavy atom. The molecular formula is C27H19Br2Cl3F2O2. The predicted octanol–water partition coefficient (Wildman–Crippen LogP) is 10.4. The summed E-state index contributed by atoms with van der Waals surface area (Å²) in [6.07, 6.45) is 0. The lowest BCUT2D eigenvalue weighted by molar-refractivity contribution is 0.103. The van der Waals surface area contributed by atoms with E-state index in [0.717, 1.165) is 5.02 Å². The largest absolute Gasteiger partial charge is 0.288 e. The molecule has 188 valence electrons. The lowest BCUT2D eigenvalue weighted by atomic mass is 10.0. The molecule has 0 atom stereocenters. The molecule has 0 aromatic heterocycles.